The third-order valence-corrected chi connectivity index (χ3v) is 3.25. The number of carbonyl (C=O) groups is 1. The number of hydrogen-bond donors (Lipinski definition) is 0. The molecule has 0 bridgehead atoms. The van der Waals surface area contributed by atoms with Crippen LogP contribution < -0.4 is 0 Å². The van der Waals surface area contributed by atoms with Crippen LogP contribution in [-0.4, -0.2) is 36.6 Å². The maximum absolute atomic E-state index is 11.8. The Kier molecular flexibility index (Phi) is 8.78. The molecule has 2 atom stereocenters. The van der Waals surface area contributed by atoms with E-state index in [9.17, 15) is 4.79 Å². The van der Waals surface area contributed by atoms with Crippen molar-refractivity contribution in [2.45, 2.75) is 58.6 Å². The fraction of sp³-hybridized carbons (Fsp3) is 0.786. The van der Waals surface area contributed by atoms with E-state index in [1.165, 1.54) is 25.3 Å². The predicted octanol–water partition coefficient (Wildman–Crippen LogP) is 3.00. The molecule has 17 heavy (non-hydrogen) atoms. The number of carbonyl (C=O) groups excluding carboxylic acids is 1. The molecule has 0 aromatic rings. The van der Waals surface area contributed by atoms with Gasteiger partial charge in [-0.2, -0.15) is 0 Å². The normalized spacial score (nSPS) is 14.1. The van der Waals surface area contributed by atoms with Crippen molar-refractivity contribution >= 4 is 5.91 Å². The van der Waals surface area contributed by atoms with Gasteiger partial charge < -0.3 is 9.64 Å². The lowest BCUT2D eigenvalue weighted by Crippen LogP contribution is -2.44. The van der Waals surface area contributed by atoms with E-state index in [0.29, 0.717) is 0 Å². The van der Waals surface area contributed by atoms with Gasteiger partial charge in [-0.05, 0) is 26.3 Å². The molecule has 0 N–H and O–H groups in total. The molecule has 0 aliphatic heterocycles. The zero-order valence-electron chi connectivity index (χ0n) is 11.7. The van der Waals surface area contributed by atoms with Crippen LogP contribution >= 0.6 is 0 Å². The first-order valence-corrected chi connectivity index (χ1v) is 6.54. The Morgan fingerprint density at radius 2 is 2.00 bits per heavy atom. The van der Waals surface area contributed by atoms with Crippen molar-refractivity contribution in [2.75, 3.05) is 13.7 Å². The van der Waals surface area contributed by atoms with Crippen LogP contribution in [0.25, 0.3) is 0 Å². The third kappa shape index (κ3) is 5.87. The Balaban J connectivity index is 4.32. The number of unbranched alkanes of at least 4 members (excludes halogenated alkanes) is 3. The van der Waals surface area contributed by atoms with Crippen LogP contribution in [0.3, 0.4) is 0 Å². The van der Waals surface area contributed by atoms with Gasteiger partial charge in [0.1, 0.15) is 0 Å². The minimum absolute atomic E-state index is 0.00195. The minimum atomic E-state index is -0.00195. The first-order chi connectivity index (χ1) is 8.08. The van der Waals surface area contributed by atoms with Crippen LogP contribution in [0.15, 0.2) is 12.7 Å². The maximum Gasteiger partial charge on any atom is 0.246 e. The maximum atomic E-state index is 11.8. The standard InChI is InChI=1S/C14H27NO2/c1-6-8-9-10-11-15(14(16)7-2)12(3)13(4)17-5/h7,12-13H,2,6,8-11H2,1,3-5H3. The van der Waals surface area contributed by atoms with E-state index in [-0.39, 0.29) is 18.1 Å². The Labute approximate surface area is 106 Å². The first kappa shape index (κ1) is 16.2. The molecule has 0 saturated carbocycles. The minimum Gasteiger partial charge on any atom is -0.380 e. The highest BCUT2D eigenvalue weighted by Gasteiger charge is 2.22. The van der Waals surface area contributed by atoms with Crippen molar-refractivity contribution < 1.29 is 9.53 Å². The van der Waals surface area contributed by atoms with Crippen LogP contribution in [0, 0.1) is 0 Å². The summed E-state index contributed by atoms with van der Waals surface area (Å²) in [6.45, 7) is 10.5. The lowest BCUT2D eigenvalue weighted by atomic mass is 10.1. The number of nitrogens with zero attached hydrogens (tertiary/aromatic N) is 1. The van der Waals surface area contributed by atoms with Gasteiger partial charge in [-0.1, -0.05) is 32.8 Å². The van der Waals surface area contributed by atoms with Crippen molar-refractivity contribution in [1.29, 1.82) is 0 Å². The molecule has 0 aromatic carbocycles. The predicted molar refractivity (Wildman–Crippen MR) is 72.0 cm³/mol. The number of hydrogen-bond acceptors (Lipinski definition) is 2. The Bertz CT molecular complexity index is 228. The average molecular weight is 241 g/mol. The van der Waals surface area contributed by atoms with Gasteiger partial charge in [0.2, 0.25) is 5.91 Å². The van der Waals surface area contributed by atoms with Gasteiger partial charge in [-0.3, -0.25) is 4.79 Å². The molecule has 0 saturated heterocycles. The van der Waals surface area contributed by atoms with Crippen molar-refractivity contribution in [1.82, 2.24) is 4.90 Å². The second kappa shape index (κ2) is 9.23. The zero-order chi connectivity index (χ0) is 13.3. The number of methoxy groups -OCH3 is 1. The fourth-order valence-corrected chi connectivity index (χ4v) is 1.79. The van der Waals surface area contributed by atoms with E-state index in [2.05, 4.69) is 13.5 Å². The van der Waals surface area contributed by atoms with Crippen LogP contribution in [-0.2, 0) is 9.53 Å². The number of amides is 1. The van der Waals surface area contributed by atoms with Crippen molar-refractivity contribution in [3.05, 3.63) is 12.7 Å². The topological polar surface area (TPSA) is 29.5 Å². The van der Waals surface area contributed by atoms with Crippen molar-refractivity contribution in [3.63, 3.8) is 0 Å². The summed E-state index contributed by atoms with van der Waals surface area (Å²) in [5.41, 5.74) is 0. The van der Waals surface area contributed by atoms with Gasteiger partial charge in [0.25, 0.3) is 0 Å². The van der Waals surface area contributed by atoms with Crippen molar-refractivity contribution in [2.24, 2.45) is 0 Å². The van der Waals surface area contributed by atoms with E-state index < -0.39 is 0 Å². The van der Waals surface area contributed by atoms with Gasteiger partial charge in [-0.15, -0.1) is 0 Å². The van der Waals surface area contributed by atoms with Crippen LogP contribution in [0.1, 0.15) is 46.5 Å². The summed E-state index contributed by atoms with van der Waals surface area (Å²) in [4.78, 5) is 13.6. The molecule has 0 fully saturated rings. The van der Waals surface area contributed by atoms with E-state index >= 15 is 0 Å². The summed E-state index contributed by atoms with van der Waals surface area (Å²) in [7, 11) is 1.68. The lowest BCUT2D eigenvalue weighted by Gasteiger charge is -2.31. The van der Waals surface area contributed by atoms with Gasteiger partial charge in [0.05, 0.1) is 12.1 Å². The Morgan fingerprint density at radius 1 is 1.35 bits per heavy atom. The Hall–Kier alpha value is -0.830. The second-order valence-corrected chi connectivity index (χ2v) is 4.48. The van der Waals surface area contributed by atoms with E-state index in [0.717, 1.165) is 13.0 Å². The molecule has 0 aromatic heterocycles. The highest BCUT2D eigenvalue weighted by Crippen LogP contribution is 2.10. The molecular formula is C14H27NO2. The van der Waals surface area contributed by atoms with Gasteiger partial charge in [-0.25, -0.2) is 0 Å². The molecule has 0 aliphatic carbocycles. The molecule has 0 spiro atoms. The van der Waals surface area contributed by atoms with E-state index in [4.69, 9.17) is 4.74 Å². The molecule has 0 radical (unpaired) electrons. The number of ether oxygens (including phenoxy) is 1. The fourth-order valence-electron chi connectivity index (χ4n) is 1.79. The molecule has 2 unspecified atom stereocenters. The summed E-state index contributed by atoms with van der Waals surface area (Å²) < 4.78 is 5.29. The van der Waals surface area contributed by atoms with Crippen LogP contribution in [0.5, 0.6) is 0 Å². The highest BCUT2D eigenvalue weighted by molar-refractivity contribution is 5.87. The van der Waals surface area contributed by atoms with Gasteiger partial charge in [0, 0.05) is 13.7 Å². The smallest absolute Gasteiger partial charge is 0.246 e. The molecule has 0 aliphatic rings. The molecule has 0 heterocycles. The SMILES string of the molecule is C=CC(=O)N(CCCCCC)C(C)C(C)OC. The van der Waals surface area contributed by atoms with Gasteiger partial charge >= 0.3 is 0 Å². The van der Waals surface area contributed by atoms with Crippen LogP contribution in [0.4, 0.5) is 0 Å². The van der Waals surface area contributed by atoms with E-state index in [1.54, 1.807) is 7.11 Å². The first-order valence-electron chi connectivity index (χ1n) is 6.54. The largest absolute Gasteiger partial charge is 0.380 e. The summed E-state index contributed by atoms with van der Waals surface area (Å²) in [6.07, 6.45) is 6.09. The zero-order valence-corrected chi connectivity index (χ0v) is 11.7. The lowest BCUT2D eigenvalue weighted by molar-refractivity contribution is -0.130. The molecular weight excluding hydrogens is 214 g/mol. The monoisotopic (exact) mass is 241 g/mol. The summed E-state index contributed by atoms with van der Waals surface area (Å²) in [5, 5.41) is 0. The summed E-state index contributed by atoms with van der Waals surface area (Å²) >= 11 is 0. The molecule has 100 valence electrons. The summed E-state index contributed by atoms with van der Waals surface area (Å²) in [6, 6.07) is 0.0899. The van der Waals surface area contributed by atoms with Crippen molar-refractivity contribution in [3.8, 4) is 0 Å². The van der Waals surface area contributed by atoms with E-state index in [1.807, 2.05) is 18.7 Å². The Morgan fingerprint density at radius 3 is 2.47 bits per heavy atom. The summed E-state index contributed by atoms with van der Waals surface area (Å²) in [5.74, 6) is -0.00195. The molecule has 3 nitrogen and oxygen atoms in total. The molecule has 1 amide bonds. The molecule has 3 heteroatoms. The third-order valence-electron chi connectivity index (χ3n) is 3.25. The quantitative estimate of drug-likeness (QED) is 0.459. The van der Waals surface area contributed by atoms with Crippen LogP contribution in [0.2, 0.25) is 0 Å². The average Bonchev–Trinajstić information content (AvgIpc) is 2.36. The highest BCUT2D eigenvalue weighted by atomic mass is 16.5. The second-order valence-electron chi connectivity index (χ2n) is 4.48. The number of rotatable bonds is 9. The van der Waals surface area contributed by atoms with Gasteiger partial charge in [0.15, 0.2) is 0 Å². The molecule has 0 rings (SSSR count).